The molecule has 0 spiro atoms. The van der Waals surface area contributed by atoms with Gasteiger partial charge in [0, 0.05) is 17.8 Å². The normalized spacial score (nSPS) is 10.7. The molecule has 0 aliphatic heterocycles. The Kier molecular flexibility index (Phi) is 3.25. The Labute approximate surface area is 109 Å². The zero-order valence-corrected chi connectivity index (χ0v) is 10.9. The molecular formula is C13H14N2O4. The first kappa shape index (κ1) is 13.1. The third-order valence-corrected chi connectivity index (χ3v) is 2.98. The van der Waals surface area contributed by atoms with E-state index in [-0.39, 0.29) is 17.7 Å². The maximum atomic E-state index is 12.0. The molecule has 0 radical (unpaired) electrons. The quantitative estimate of drug-likeness (QED) is 0.906. The second-order valence-corrected chi connectivity index (χ2v) is 4.45. The van der Waals surface area contributed by atoms with Gasteiger partial charge in [-0.25, -0.2) is 4.79 Å². The maximum Gasteiger partial charge on any atom is 0.337 e. The molecule has 0 aliphatic rings. The van der Waals surface area contributed by atoms with E-state index in [1.165, 1.54) is 10.6 Å². The van der Waals surface area contributed by atoms with Crippen LogP contribution in [0, 0.1) is 20.8 Å². The van der Waals surface area contributed by atoms with Gasteiger partial charge in [0.2, 0.25) is 0 Å². The third kappa shape index (κ3) is 2.42. The molecule has 1 N–H and O–H groups in total. The van der Waals surface area contributed by atoms with Gasteiger partial charge in [-0.05, 0) is 26.3 Å². The summed E-state index contributed by atoms with van der Waals surface area (Å²) in [4.78, 5) is 23.2. The Morgan fingerprint density at radius 3 is 2.58 bits per heavy atom. The van der Waals surface area contributed by atoms with Gasteiger partial charge in [0.15, 0.2) is 0 Å². The average molecular weight is 262 g/mol. The summed E-state index contributed by atoms with van der Waals surface area (Å²) < 4.78 is 6.32. The standard InChI is InChI=1S/C13H14N2O4/c1-7-4-11(16)15(9(3)12(7)13(17)18)6-10-5-8(2)19-14-10/h4-5H,6H2,1-3H3,(H,17,18). The highest BCUT2D eigenvalue weighted by Gasteiger charge is 2.16. The third-order valence-electron chi connectivity index (χ3n) is 2.98. The molecule has 2 heterocycles. The molecule has 0 bridgehead atoms. The Morgan fingerprint density at radius 2 is 2.05 bits per heavy atom. The van der Waals surface area contributed by atoms with Crippen molar-refractivity contribution in [3.8, 4) is 0 Å². The van der Waals surface area contributed by atoms with E-state index in [1.54, 1.807) is 26.8 Å². The Balaban J connectivity index is 2.54. The van der Waals surface area contributed by atoms with E-state index < -0.39 is 5.97 Å². The molecule has 0 saturated heterocycles. The summed E-state index contributed by atoms with van der Waals surface area (Å²) in [5, 5.41) is 13.0. The minimum atomic E-state index is -1.04. The highest BCUT2D eigenvalue weighted by Crippen LogP contribution is 2.13. The lowest BCUT2D eigenvalue weighted by Crippen LogP contribution is -2.26. The van der Waals surface area contributed by atoms with Crippen LogP contribution >= 0.6 is 0 Å². The molecule has 2 aromatic heterocycles. The molecule has 2 aromatic rings. The summed E-state index contributed by atoms with van der Waals surface area (Å²) in [5.41, 5.74) is 1.36. The minimum absolute atomic E-state index is 0.153. The van der Waals surface area contributed by atoms with Crippen molar-refractivity contribution in [1.82, 2.24) is 9.72 Å². The number of carboxylic acids is 1. The SMILES string of the molecule is Cc1cc(Cn2c(C)c(C(=O)O)c(C)cc2=O)no1. The van der Waals surface area contributed by atoms with Crippen LogP contribution in [0.25, 0.3) is 0 Å². The van der Waals surface area contributed by atoms with Gasteiger partial charge in [0.05, 0.1) is 12.1 Å². The topological polar surface area (TPSA) is 85.3 Å². The first-order valence-electron chi connectivity index (χ1n) is 5.76. The molecule has 0 fully saturated rings. The number of aromatic nitrogens is 2. The van der Waals surface area contributed by atoms with Crippen molar-refractivity contribution in [3.05, 3.63) is 50.8 Å². The summed E-state index contributed by atoms with van der Waals surface area (Å²) in [7, 11) is 0. The Hall–Kier alpha value is -2.37. The smallest absolute Gasteiger partial charge is 0.337 e. The van der Waals surface area contributed by atoms with Crippen LogP contribution in [0.4, 0.5) is 0 Å². The average Bonchev–Trinajstić information content (AvgIpc) is 2.69. The van der Waals surface area contributed by atoms with Crippen molar-refractivity contribution < 1.29 is 14.4 Å². The molecule has 100 valence electrons. The van der Waals surface area contributed by atoms with Crippen molar-refractivity contribution in [2.75, 3.05) is 0 Å². The predicted octanol–water partition coefficient (Wildman–Crippen LogP) is 1.51. The molecule has 0 saturated carbocycles. The van der Waals surface area contributed by atoms with E-state index in [9.17, 15) is 14.7 Å². The summed E-state index contributed by atoms with van der Waals surface area (Å²) in [6.07, 6.45) is 0. The number of hydrogen-bond donors (Lipinski definition) is 1. The molecule has 0 aromatic carbocycles. The van der Waals surface area contributed by atoms with Crippen molar-refractivity contribution in [2.24, 2.45) is 0 Å². The van der Waals surface area contributed by atoms with E-state index in [0.717, 1.165) is 0 Å². The fraction of sp³-hybridized carbons (Fsp3) is 0.308. The van der Waals surface area contributed by atoms with Crippen LogP contribution in [0.2, 0.25) is 0 Å². The summed E-state index contributed by atoms with van der Waals surface area (Å²) in [6, 6.07) is 3.04. The second kappa shape index (κ2) is 4.72. The molecule has 0 aliphatic carbocycles. The number of aryl methyl sites for hydroxylation is 2. The zero-order valence-electron chi connectivity index (χ0n) is 10.9. The van der Waals surface area contributed by atoms with Gasteiger partial charge in [0.25, 0.3) is 5.56 Å². The van der Waals surface area contributed by atoms with Crippen LogP contribution in [-0.4, -0.2) is 20.8 Å². The van der Waals surface area contributed by atoms with Crippen LogP contribution in [0.1, 0.15) is 33.1 Å². The molecule has 0 amide bonds. The molecule has 6 heteroatoms. The van der Waals surface area contributed by atoms with Crippen molar-refractivity contribution in [2.45, 2.75) is 27.3 Å². The molecule has 0 unspecified atom stereocenters. The lowest BCUT2D eigenvalue weighted by molar-refractivity contribution is 0.0694. The highest BCUT2D eigenvalue weighted by atomic mass is 16.5. The number of carbonyl (C=O) groups is 1. The number of nitrogens with zero attached hydrogens (tertiary/aromatic N) is 2. The fourth-order valence-corrected chi connectivity index (χ4v) is 2.10. The summed E-state index contributed by atoms with van der Waals surface area (Å²) >= 11 is 0. The van der Waals surface area contributed by atoms with E-state index >= 15 is 0 Å². The van der Waals surface area contributed by atoms with Crippen LogP contribution in [0.5, 0.6) is 0 Å². The van der Waals surface area contributed by atoms with Gasteiger partial charge in [-0.3, -0.25) is 4.79 Å². The molecule has 0 atom stereocenters. The summed E-state index contributed by atoms with van der Waals surface area (Å²) in [6.45, 7) is 5.18. The van der Waals surface area contributed by atoms with Gasteiger partial charge < -0.3 is 14.2 Å². The van der Waals surface area contributed by atoms with Crippen molar-refractivity contribution in [3.63, 3.8) is 0 Å². The number of rotatable bonds is 3. The van der Waals surface area contributed by atoms with Crippen LogP contribution in [0.3, 0.4) is 0 Å². The van der Waals surface area contributed by atoms with Gasteiger partial charge in [0.1, 0.15) is 11.5 Å². The van der Waals surface area contributed by atoms with Crippen LogP contribution in [0.15, 0.2) is 21.5 Å². The second-order valence-electron chi connectivity index (χ2n) is 4.45. The predicted molar refractivity (Wildman–Crippen MR) is 67.5 cm³/mol. The van der Waals surface area contributed by atoms with E-state index in [4.69, 9.17) is 4.52 Å². The monoisotopic (exact) mass is 262 g/mol. The Bertz CT molecular complexity index is 697. The Morgan fingerprint density at radius 1 is 1.37 bits per heavy atom. The van der Waals surface area contributed by atoms with E-state index in [0.29, 0.717) is 22.7 Å². The first-order valence-corrected chi connectivity index (χ1v) is 5.76. The van der Waals surface area contributed by atoms with Crippen molar-refractivity contribution >= 4 is 5.97 Å². The van der Waals surface area contributed by atoms with Gasteiger partial charge in [-0.2, -0.15) is 0 Å². The van der Waals surface area contributed by atoms with Gasteiger partial charge in [-0.15, -0.1) is 0 Å². The van der Waals surface area contributed by atoms with Crippen molar-refractivity contribution in [1.29, 1.82) is 0 Å². The number of carboxylic acid groups (broad SMARTS) is 1. The number of pyridine rings is 1. The highest BCUT2D eigenvalue weighted by molar-refractivity contribution is 5.90. The number of hydrogen-bond acceptors (Lipinski definition) is 4. The maximum absolute atomic E-state index is 12.0. The summed E-state index contributed by atoms with van der Waals surface area (Å²) in [5.74, 6) is -0.397. The molecule has 2 rings (SSSR count). The van der Waals surface area contributed by atoms with Crippen LogP contribution in [-0.2, 0) is 6.54 Å². The largest absolute Gasteiger partial charge is 0.478 e. The zero-order chi connectivity index (χ0) is 14.2. The molecular weight excluding hydrogens is 248 g/mol. The van der Waals surface area contributed by atoms with Gasteiger partial charge in [-0.1, -0.05) is 5.16 Å². The number of aromatic carboxylic acids is 1. The fourth-order valence-electron chi connectivity index (χ4n) is 2.10. The lowest BCUT2D eigenvalue weighted by Gasteiger charge is -2.12. The van der Waals surface area contributed by atoms with E-state index in [2.05, 4.69) is 5.16 Å². The van der Waals surface area contributed by atoms with E-state index in [1.807, 2.05) is 0 Å². The van der Waals surface area contributed by atoms with Gasteiger partial charge >= 0.3 is 5.97 Å². The lowest BCUT2D eigenvalue weighted by atomic mass is 10.1. The molecule has 6 nitrogen and oxygen atoms in total. The van der Waals surface area contributed by atoms with Crippen LogP contribution < -0.4 is 5.56 Å². The molecule has 19 heavy (non-hydrogen) atoms. The minimum Gasteiger partial charge on any atom is -0.478 e. The first-order chi connectivity index (χ1) is 8.90.